The van der Waals surface area contributed by atoms with Crippen LogP contribution in [0.15, 0.2) is 0 Å². The van der Waals surface area contributed by atoms with Crippen molar-refractivity contribution in [1.82, 2.24) is 4.90 Å². The monoisotopic (exact) mass is 266 g/mol. The molecule has 5 heteroatoms. The van der Waals surface area contributed by atoms with Crippen molar-refractivity contribution in [3.8, 4) is 0 Å². The highest BCUT2D eigenvalue weighted by molar-refractivity contribution is 4.86. The van der Waals surface area contributed by atoms with Gasteiger partial charge in [-0.25, -0.2) is 0 Å². The molecule has 0 spiro atoms. The van der Waals surface area contributed by atoms with Crippen LogP contribution in [0.4, 0.5) is 13.2 Å². The molecule has 0 aromatic carbocycles. The number of halogens is 3. The summed E-state index contributed by atoms with van der Waals surface area (Å²) in [5, 5.41) is 0. The van der Waals surface area contributed by atoms with Crippen LogP contribution in [0.3, 0.4) is 0 Å². The number of rotatable bonds is 6. The Labute approximate surface area is 108 Å². The Bertz CT molecular complexity index is 254. The highest BCUT2D eigenvalue weighted by atomic mass is 19.4. The van der Waals surface area contributed by atoms with Gasteiger partial charge in [-0.2, -0.15) is 13.2 Å². The van der Waals surface area contributed by atoms with Crippen molar-refractivity contribution < 1.29 is 13.2 Å². The Morgan fingerprint density at radius 1 is 1.22 bits per heavy atom. The van der Waals surface area contributed by atoms with E-state index in [1.54, 1.807) is 4.90 Å². The molecule has 1 rings (SSSR count). The van der Waals surface area contributed by atoms with Crippen molar-refractivity contribution in [2.75, 3.05) is 13.1 Å². The van der Waals surface area contributed by atoms with E-state index in [9.17, 15) is 13.2 Å². The second-order valence-electron chi connectivity index (χ2n) is 6.63. The molecule has 1 atom stereocenters. The van der Waals surface area contributed by atoms with Gasteiger partial charge in [-0.3, -0.25) is 4.90 Å². The summed E-state index contributed by atoms with van der Waals surface area (Å²) in [6.07, 6.45) is -0.826. The van der Waals surface area contributed by atoms with Gasteiger partial charge in [-0.15, -0.1) is 0 Å². The van der Waals surface area contributed by atoms with E-state index in [4.69, 9.17) is 5.73 Å². The van der Waals surface area contributed by atoms with Gasteiger partial charge in [0.15, 0.2) is 0 Å². The van der Waals surface area contributed by atoms with Crippen molar-refractivity contribution in [2.24, 2.45) is 11.1 Å². The van der Waals surface area contributed by atoms with Gasteiger partial charge in [0.2, 0.25) is 0 Å². The summed E-state index contributed by atoms with van der Waals surface area (Å²) < 4.78 is 37.2. The van der Waals surface area contributed by atoms with Crippen LogP contribution >= 0.6 is 0 Å². The molecule has 0 aromatic heterocycles. The molecule has 108 valence electrons. The zero-order valence-electron chi connectivity index (χ0n) is 11.6. The van der Waals surface area contributed by atoms with Crippen LogP contribution < -0.4 is 5.73 Å². The third kappa shape index (κ3) is 7.21. The molecule has 1 fully saturated rings. The molecule has 0 saturated heterocycles. The SMILES string of the molecule is CC(C)(C)CC(N)CCN(CC(F)(F)F)C1CC1. The summed E-state index contributed by atoms with van der Waals surface area (Å²) >= 11 is 0. The van der Waals surface area contributed by atoms with E-state index in [0.717, 1.165) is 19.3 Å². The molecule has 1 saturated carbocycles. The van der Waals surface area contributed by atoms with Crippen LogP contribution in [0.5, 0.6) is 0 Å². The molecule has 0 heterocycles. The van der Waals surface area contributed by atoms with E-state index in [-0.39, 0.29) is 17.5 Å². The van der Waals surface area contributed by atoms with E-state index < -0.39 is 12.7 Å². The van der Waals surface area contributed by atoms with Crippen LogP contribution in [0.25, 0.3) is 0 Å². The lowest BCUT2D eigenvalue weighted by molar-refractivity contribution is -0.147. The van der Waals surface area contributed by atoms with Gasteiger partial charge < -0.3 is 5.73 Å². The summed E-state index contributed by atoms with van der Waals surface area (Å²) in [6.45, 7) is 5.96. The Balaban J connectivity index is 2.34. The quantitative estimate of drug-likeness (QED) is 0.800. The van der Waals surface area contributed by atoms with E-state index in [1.165, 1.54) is 0 Å². The summed E-state index contributed by atoms with van der Waals surface area (Å²) in [7, 11) is 0. The lowest BCUT2D eigenvalue weighted by Gasteiger charge is -2.27. The van der Waals surface area contributed by atoms with Crippen LogP contribution in [0, 0.1) is 5.41 Å². The number of nitrogens with zero attached hydrogens (tertiary/aromatic N) is 1. The van der Waals surface area contributed by atoms with Crippen LogP contribution in [0.2, 0.25) is 0 Å². The zero-order chi connectivity index (χ0) is 14.0. The van der Waals surface area contributed by atoms with Crippen molar-refractivity contribution >= 4 is 0 Å². The first-order chi connectivity index (χ1) is 8.07. The number of alkyl halides is 3. The average Bonchev–Trinajstić information content (AvgIpc) is 2.90. The minimum atomic E-state index is -4.10. The molecule has 2 N–H and O–H groups in total. The molecule has 2 nitrogen and oxygen atoms in total. The van der Waals surface area contributed by atoms with Crippen molar-refractivity contribution in [3.05, 3.63) is 0 Å². The lowest BCUT2D eigenvalue weighted by Crippen LogP contribution is -2.39. The summed E-state index contributed by atoms with van der Waals surface area (Å²) in [5.74, 6) is 0. The maximum absolute atomic E-state index is 12.4. The van der Waals surface area contributed by atoms with Gasteiger partial charge in [0.05, 0.1) is 6.54 Å². The van der Waals surface area contributed by atoms with E-state index in [0.29, 0.717) is 13.0 Å². The predicted octanol–water partition coefficient (Wildman–Crippen LogP) is 3.17. The summed E-state index contributed by atoms with van der Waals surface area (Å²) in [5.41, 5.74) is 6.12. The largest absolute Gasteiger partial charge is 0.401 e. The molecule has 0 radical (unpaired) electrons. The van der Waals surface area contributed by atoms with Gasteiger partial charge in [-0.05, 0) is 31.1 Å². The normalized spacial score (nSPS) is 19.3. The molecule has 1 aliphatic carbocycles. The summed E-state index contributed by atoms with van der Waals surface area (Å²) in [4.78, 5) is 1.54. The maximum Gasteiger partial charge on any atom is 0.401 e. The van der Waals surface area contributed by atoms with Crippen molar-refractivity contribution in [1.29, 1.82) is 0 Å². The highest BCUT2D eigenvalue weighted by Gasteiger charge is 2.37. The Hall–Kier alpha value is -0.290. The van der Waals surface area contributed by atoms with Gasteiger partial charge >= 0.3 is 6.18 Å². The molecule has 0 aliphatic heterocycles. The first-order valence-corrected chi connectivity index (χ1v) is 6.63. The second-order valence-corrected chi connectivity index (χ2v) is 6.63. The lowest BCUT2D eigenvalue weighted by atomic mass is 9.87. The first kappa shape index (κ1) is 15.8. The van der Waals surface area contributed by atoms with Crippen LogP contribution in [-0.2, 0) is 0 Å². The number of nitrogens with two attached hydrogens (primary N) is 1. The molecule has 1 unspecified atom stereocenters. The fourth-order valence-electron chi connectivity index (χ4n) is 2.28. The van der Waals surface area contributed by atoms with E-state index in [1.807, 2.05) is 0 Å². The standard InChI is InChI=1S/C13H25F3N2/c1-12(2,3)8-10(17)6-7-18(11-4-5-11)9-13(14,15)16/h10-11H,4-9,17H2,1-3H3. The Morgan fingerprint density at radius 3 is 2.17 bits per heavy atom. The molecule has 18 heavy (non-hydrogen) atoms. The predicted molar refractivity (Wildman–Crippen MR) is 67.3 cm³/mol. The Morgan fingerprint density at radius 2 is 1.78 bits per heavy atom. The fourth-order valence-corrected chi connectivity index (χ4v) is 2.28. The minimum absolute atomic E-state index is 0.0144. The van der Waals surface area contributed by atoms with Gasteiger partial charge in [0.1, 0.15) is 0 Å². The topological polar surface area (TPSA) is 29.3 Å². The molecular weight excluding hydrogens is 241 g/mol. The average molecular weight is 266 g/mol. The third-order valence-electron chi connectivity index (χ3n) is 3.11. The van der Waals surface area contributed by atoms with E-state index >= 15 is 0 Å². The van der Waals surface area contributed by atoms with Gasteiger partial charge in [0.25, 0.3) is 0 Å². The zero-order valence-corrected chi connectivity index (χ0v) is 11.6. The minimum Gasteiger partial charge on any atom is -0.328 e. The molecule has 0 amide bonds. The first-order valence-electron chi connectivity index (χ1n) is 6.63. The molecule has 0 bridgehead atoms. The number of hydrogen-bond acceptors (Lipinski definition) is 2. The molecular formula is C13H25F3N2. The fraction of sp³-hybridized carbons (Fsp3) is 1.00. The highest BCUT2D eigenvalue weighted by Crippen LogP contribution is 2.30. The summed E-state index contributed by atoms with van der Waals surface area (Å²) in [6, 6.07) is 0.118. The van der Waals surface area contributed by atoms with Gasteiger partial charge in [0, 0.05) is 18.6 Å². The molecule has 0 aromatic rings. The van der Waals surface area contributed by atoms with Gasteiger partial charge in [-0.1, -0.05) is 20.8 Å². The van der Waals surface area contributed by atoms with Crippen LogP contribution in [-0.4, -0.2) is 36.2 Å². The number of hydrogen-bond donors (Lipinski definition) is 1. The maximum atomic E-state index is 12.4. The third-order valence-corrected chi connectivity index (χ3v) is 3.11. The van der Waals surface area contributed by atoms with Crippen molar-refractivity contribution in [3.63, 3.8) is 0 Å². The van der Waals surface area contributed by atoms with E-state index in [2.05, 4.69) is 20.8 Å². The smallest absolute Gasteiger partial charge is 0.328 e. The second kappa shape index (κ2) is 5.78. The van der Waals surface area contributed by atoms with Crippen molar-refractivity contribution in [2.45, 2.75) is 64.7 Å². The molecule has 1 aliphatic rings. The van der Waals surface area contributed by atoms with Crippen LogP contribution in [0.1, 0.15) is 46.5 Å². The Kier molecular flexibility index (Phi) is 5.06.